The van der Waals surface area contributed by atoms with Gasteiger partial charge in [0.15, 0.2) is 5.82 Å². The van der Waals surface area contributed by atoms with Crippen molar-refractivity contribution in [1.29, 1.82) is 0 Å². The molecule has 5 heteroatoms. The molecule has 3 aromatic rings. The van der Waals surface area contributed by atoms with E-state index in [9.17, 15) is 4.79 Å². The molecule has 0 amide bonds. The number of pyridine rings is 1. The van der Waals surface area contributed by atoms with Gasteiger partial charge in [-0.3, -0.25) is 9.89 Å². The van der Waals surface area contributed by atoms with Crippen LogP contribution in [0.15, 0.2) is 53.3 Å². The van der Waals surface area contributed by atoms with Crippen molar-refractivity contribution in [1.82, 2.24) is 15.2 Å². The zero-order valence-electron chi connectivity index (χ0n) is 11.0. The number of rotatable bonds is 3. The Balaban J connectivity index is 1.83. The Kier molecular flexibility index (Phi) is 3.09. The molecule has 3 rings (SSSR count). The van der Waals surface area contributed by atoms with Crippen LogP contribution in [-0.4, -0.2) is 15.2 Å². The van der Waals surface area contributed by atoms with Gasteiger partial charge in [0.25, 0.3) is 0 Å². The number of aromatic amines is 2. The first kappa shape index (κ1) is 12.2. The maximum absolute atomic E-state index is 11.3. The topological polar surface area (TPSA) is 73.6 Å². The number of hydrogen-bond donors (Lipinski definition) is 3. The van der Waals surface area contributed by atoms with Gasteiger partial charge in [0, 0.05) is 17.8 Å². The highest BCUT2D eigenvalue weighted by Crippen LogP contribution is 2.20. The first-order valence-corrected chi connectivity index (χ1v) is 6.29. The summed E-state index contributed by atoms with van der Waals surface area (Å²) >= 11 is 0. The Morgan fingerprint density at radius 2 is 1.85 bits per heavy atom. The van der Waals surface area contributed by atoms with Crippen molar-refractivity contribution in [3.05, 3.63) is 64.4 Å². The van der Waals surface area contributed by atoms with E-state index < -0.39 is 0 Å². The summed E-state index contributed by atoms with van der Waals surface area (Å²) in [6.07, 6.45) is 0. The van der Waals surface area contributed by atoms with Crippen LogP contribution in [0.1, 0.15) is 5.56 Å². The second kappa shape index (κ2) is 5.05. The lowest BCUT2D eigenvalue weighted by atomic mass is 10.2. The number of nitrogens with zero attached hydrogens (tertiary/aromatic N) is 1. The van der Waals surface area contributed by atoms with Crippen molar-refractivity contribution < 1.29 is 0 Å². The third-order valence-electron chi connectivity index (χ3n) is 2.96. The molecule has 0 aliphatic rings. The number of nitrogens with one attached hydrogen (secondary N) is 3. The summed E-state index contributed by atoms with van der Waals surface area (Å²) in [6, 6.07) is 14.9. The van der Waals surface area contributed by atoms with Crippen LogP contribution in [0.5, 0.6) is 0 Å². The predicted molar refractivity (Wildman–Crippen MR) is 79.1 cm³/mol. The van der Waals surface area contributed by atoms with Crippen LogP contribution in [0.2, 0.25) is 0 Å². The van der Waals surface area contributed by atoms with E-state index in [2.05, 4.69) is 20.5 Å². The molecule has 100 valence electrons. The van der Waals surface area contributed by atoms with Crippen molar-refractivity contribution in [3.8, 4) is 11.4 Å². The highest BCUT2D eigenvalue weighted by Gasteiger charge is 2.04. The molecule has 0 aliphatic carbocycles. The average molecular weight is 266 g/mol. The predicted octanol–water partition coefficient (Wildman–Crippen LogP) is 2.82. The van der Waals surface area contributed by atoms with Gasteiger partial charge in [-0.05, 0) is 25.1 Å². The van der Waals surface area contributed by atoms with E-state index in [4.69, 9.17) is 0 Å². The molecule has 0 bridgehead atoms. The Morgan fingerprint density at radius 3 is 2.60 bits per heavy atom. The van der Waals surface area contributed by atoms with Crippen LogP contribution >= 0.6 is 0 Å². The summed E-state index contributed by atoms with van der Waals surface area (Å²) in [5.41, 5.74) is 3.51. The largest absolute Gasteiger partial charge is 0.339 e. The Bertz CT molecular complexity index is 771. The molecule has 0 aliphatic heterocycles. The lowest BCUT2D eigenvalue weighted by Gasteiger charge is -2.02. The summed E-state index contributed by atoms with van der Waals surface area (Å²) in [5, 5.41) is 10.3. The van der Waals surface area contributed by atoms with Crippen molar-refractivity contribution in [2.24, 2.45) is 0 Å². The summed E-state index contributed by atoms with van der Waals surface area (Å²) in [4.78, 5) is 14.0. The Morgan fingerprint density at radius 1 is 1.05 bits per heavy atom. The van der Waals surface area contributed by atoms with Crippen molar-refractivity contribution in [3.63, 3.8) is 0 Å². The quantitative estimate of drug-likeness (QED) is 0.682. The van der Waals surface area contributed by atoms with Crippen molar-refractivity contribution >= 4 is 11.5 Å². The highest BCUT2D eigenvalue weighted by atomic mass is 16.1. The average Bonchev–Trinajstić information content (AvgIpc) is 2.90. The molecule has 1 aromatic carbocycles. The summed E-state index contributed by atoms with van der Waals surface area (Å²) in [7, 11) is 0. The van der Waals surface area contributed by atoms with E-state index in [1.54, 1.807) is 6.07 Å². The zero-order chi connectivity index (χ0) is 13.9. The summed E-state index contributed by atoms with van der Waals surface area (Å²) < 4.78 is 0. The van der Waals surface area contributed by atoms with E-state index in [0.29, 0.717) is 11.5 Å². The second-order valence-corrected chi connectivity index (χ2v) is 4.59. The Labute approximate surface area is 115 Å². The molecule has 0 spiro atoms. The SMILES string of the molecule is Cc1ccc(Nc2cc(-c3cccc(=O)[nH]3)[nH]n2)cc1. The van der Waals surface area contributed by atoms with Crippen LogP contribution < -0.4 is 10.9 Å². The van der Waals surface area contributed by atoms with E-state index in [1.807, 2.05) is 43.3 Å². The first-order chi connectivity index (χ1) is 9.70. The van der Waals surface area contributed by atoms with Gasteiger partial charge in [0.2, 0.25) is 5.56 Å². The van der Waals surface area contributed by atoms with Gasteiger partial charge in [-0.2, -0.15) is 5.10 Å². The van der Waals surface area contributed by atoms with Gasteiger partial charge in [-0.15, -0.1) is 0 Å². The number of anilines is 2. The number of hydrogen-bond acceptors (Lipinski definition) is 3. The molecule has 2 aromatic heterocycles. The number of aryl methyl sites for hydroxylation is 1. The molecule has 5 nitrogen and oxygen atoms in total. The zero-order valence-corrected chi connectivity index (χ0v) is 11.0. The van der Waals surface area contributed by atoms with E-state index in [-0.39, 0.29) is 5.56 Å². The molecule has 2 heterocycles. The fourth-order valence-electron chi connectivity index (χ4n) is 1.91. The smallest absolute Gasteiger partial charge is 0.248 e. The molecule has 0 fully saturated rings. The fourth-order valence-corrected chi connectivity index (χ4v) is 1.91. The lowest BCUT2D eigenvalue weighted by molar-refractivity contribution is 1.08. The van der Waals surface area contributed by atoms with Crippen LogP contribution in [-0.2, 0) is 0 Å². The van der Waals surface area contributed by atoms with Crippen molar-refractivity contribution in [2.75, 3.05) is 5.32 Å². The molecular weight excluding hydrogens is 252 g/mol. The van der Waals surface area contributed by atoms with Crippen LogP contribution in [0, 0.1) is 6.92 Å². The maximum Gasteiger partial charge on any atom is 0.248 e. The fraction of sp³-hybridized carbons (Fsp3) is 0.0667. The summed E-state index contributed by atoms with van der Waals surface area (Å²) in [6.45, 7) is 2.04. The second-order valence-electron chi connectivity index (χ2n) is 4.59. The van der Waals surface area contributed by atoms with Gasteiger partial charge >= 0.3 is 0 Å². The molecule has 0 atom stereocenters. The summed E-state index contributed by atoms with van der Waals surface area (Å²) in [5.74, 6) is 0.702. The van der Waals surface area contributed by atoms with E-state index in [1.165, 1.54) is 11.6 Å². The Hall–Kier alpha value is -2.82. The number of H-pyrrole nitrogens is 2. The van der Waals surface area contributed by atoms with Crippen LogP contribution in [0.3, 0.4) is 0 Å². The minimum absolute atomic E-state index is 0.134. The molecular formula is C15H14N4O. The van der Waals surface area contributed by atoms with Gasteiger partial charge in [-0.25, -0.2) is 0 Å². The molecule has 0 radical (unpaired) electrons. The maximum atomic E-state index is 11.3. The van der Waals surface area contributed by atoms with Crippen molar-refractivity contribution in [2.45, 2.75) is 6.92 Å². The molecule has 3 N–H and O–H groups in total. The lowest BCUT2D eigenvalue weighted by Crippen LogP contribution is -2.03. The monoisotopic (exact) mass is 266 g/mol. The minimum atomic E-state index is -0.134. The van der Waals surface area contributed by atoms with E-state index in [0.717, 1.165) is 11.4 Å². The number of benzene rings is 1. The van der Waals surface area contributed by atoms with Gasteiger partial charge < -0.3 is 10.3 Å². The third kappa shape index (κ3) is 2.61. The van der Waals surface area contributed by atoms with Gasteiger partial charge in [0.05, 0.1) is 11.4 Å². The molecule has 20 heavy (non-hydrogen) atoms. The highest BCUT2D eigenvalue weighted by molar-refractivity contribution is 5.63. The molecule has 0 saturated carbocycles. The minimum Gasteiger partial charge on any atom is -0.339 e. The van der Waals surface area contributed by atoms with Crippen LogP contribution in [0.25, 0.3) is 11.4 Å². The third-order valence-corrected chi connectivity index (χ3v) is 2.96. The normalized spacial score (nSPS) is 10.4. The molecule has 0 unspecified atom stereocenters. The van der Waals surface area contributed by atoms with Gasteiger partial charge in [0.1, 0.15) is 0 Å². The van der Waals surface area contributed by atoms with Crippen LogP contribution in [0.4, 0.5) is 11.5 Å². The number of aromatic nitrogens is 3. The molecule has 0 saturated heterocycles. The van der Waals surface area contributed by atoms with Gasteiger partial charge in [-0.1, -0.05) is 23.8 Å². The first-order valence-electron chi connectivity index (χ1n) is 6.29. The standard InChI is InChI=1S/C15H14N4O/c1-10-5-7-11(8-6-10)16-14-9-13(18-19-14)12-3-2-4-15(20)17-12/h2-9H,1H3,(H,17,20)(H2,16,18,19). The van der Waals surface area contributed by atoms with E-state index >= 15 is 0 Å².